The second-order valence-electron chi connectivity index (χ2n) is 4.59. The van der Waals surface area contributed by atoms with E-state index in [1.165, 1.54) is 21.3 Å². The van der Waals surface area contributed by atoms with Gasteiger partial charge < -0.3 is 18.9 Å². The molecule has 0 aromatic heterocycles. The molecule has 2 rings (SSSR count). The molecule has 6 heteroatoms. The molecule has 122 valence electrons. The van der Waals surface area contributed by atoms with Crippen LogP contribution in [-0.2, 0) is 0 Å². The highest BCUT2D eigenvalue weighted by molar-refractivity contribution is 9.10. The van der Waals surface area contributed by atoms with Gasteiger partial charge in [0.2, 0.25) is 5.75 Å². The van der Waals surface area contributed by atoms with Crippen molar-refractivity contribution in [2.24, 2.45) is 0 Å². The number of halogens is 1. The highest BCUT2D eigenvalue weighted by Gasteiger charge is 2.18. The zero-order chi connectivity index (χ0) is 17.0. The van der Waals surface area contributed by atoms with Crippen LogP contribution in [-0.4, -0.2) is 34.2 Å². The molecular formula is C17H17BrO5. The van der Waals surface area contributed by atoms with Crippen LogP contribution in [0.25, 0.3) is 0 Å². The molecule has 0 N–H and O–H groups in total. The number of hydrogen-bond acceptors (Lipinski definition) is 5. The first-order chi connectivity index (χ1) is 11.0. The molecule has 2 aromatic carbocycles. The summed E-state index contributed by atoms with van der Waals surface area (Å²) in [5, 5.41) is 0. The summed E-state index contributed by atoms with van der Waals surface area (Å²) in [5.74, 6) is 1.81. The van der Waals surface area contributed by atoms with Crippen LogP contribution in [0.3, 0.4) is 0 Å². The summed E-state index contributed by atoms with van der Waals surface area (Å²) >= 11 is 3.38. The van der Waals surface area contributed by atoms with Crippen LogP contribution < -0.4 is 18.9 Å². The van der Waals surface area contributed by atoms with Gasteiger partial charge in [-0.3, -0.25) is 4.79 Å². The molecule has 2 aromatic rings. The molecule has 0 aliphatic rings. The maximum absolute atomic E-state index is 12.7. The van der Waals surface area contributed by atoms with Gasteiger partial charge in [-0.1, -0.05) is 0 Å². The van der Waals surface area contributed by atoms with E-state index >= 15 is 0 Å². The quantitative estimate of drug-likeness (QED) is 0.714. The molecule has 5 nitrogen and oxygen atoms in total. The Morgan fingerprint density at radius 1 is 0.783 bits per heavy atom. The molecule has 0 atom stereocenters. The molecule has 0 saturated heterocycles. The van der Waals surface area contributed by atoms with Crippen LogP contribution in [0.5, 0.6) is 23.0 Å². The second kappa shape index (κ2) is 7.37. The lowest BCUT2D eigenvalue weighted by atomic mass is 10.0. The third-order valence-electron chi connectivity index (χ3n) is 3.34. The molecular weight excluding hydrogens is 364 g/mol. The zero-order valence-electron chi connectivity index (χ0n) is 13.3. The van der Waals surface area contributed by atoms with Gasteiger partial charge in [0, 0.05) is 11.1 Å². The van der Waals surface area contributed by atoms with Crippen molar-refractivity contribution in [3.8, 4) is 23.0 Å². The second-order valence-corrected chi connectivity index (χ2v) is 5.45. The average molecular weight is 381 g/mol. The zero-order valence-corrected chi connectivity index (χ0v) is 14.9. The van der Waals surface area contributed by atoms with Gasteiger partial charge in [-0.15, -0.1) is 0 Å². The number of carbonyl (C=O) groups excluding carboxylic acids is 1. The number of rotatable bonds is 6. The summed E-state index contributed by atoms with van der Waals surface area (Å²) < 4.78 is 21.7. The van der Waals surface area contributed by atoms with Crippen LogP contribution in [0.15, 0.2) is 34.8 Å². The fraction of sp³-hybridized carbons (Fsp3) is 0.235. The Balaban J connectivity index is 2.49. The number of benzene rings is 2. The molecule has 0 aliphatic carbocycles. The normalized spacial score (nSPS) is 10.1. The number of methoxy groups -OCH3 is 4. The van der Waals surface area contributed by atoms with E-state index in [0.717, 1.165) is 0 Å². The average Bonchev–Trinajstić information content (AvgIpc) is 2.59. The van der Waals surface area contributed by atoms with Crippen molar-refractivity contribution in [1.29, 1.82) is 0 Å². The molecule has 0 spiro atoms. The van der Waals surface area contributed by atoms with E-state index in [4.69, 9.17) is 18.9 Å². The first-order valence-corrected chi connectivity index (χ1v) is 7.53. The van der Waals surface area contributed by atoms with Gasteiger partial charge in [-0.2, -0.15) is 0 Å². The van der Waals surface area contributed by atoms with E-state index in [9.17, 15) is 4.79 Å². The predicted octanol–water partition coefficient (Wildman–Crippen LogP) is 3.71. The topological polar surface area (TPSA) is 54.0 Å². The molecule has 0 saturated carbocycles. The highest BCUT2D eigenvalue weighted by Crippen LogP contribution is 2.39. The standard InChI is InChI=1S/C17H17BrO5/c1-20-13-6-5-10(7-12(13)18)16(19)11-8-14(21-2)17(23-4)15(9-11)22-3/h5-9H,1-4H3. The highest BCUT2D eigenvalue weighted by atomic mass is 79.9. The molecule has 0 amide bonds. The fourth-order valence-corrected chi connectivity index (χ4v) is 2.73. The largest absolute Gasteiger partial charge is 0.496 e. The van der Waals surface area contributed by atoms with Crippen molar-refractivity contribution in [3.63, 3.8) is 0 Å². The first-order valence-electron chi connectivity index (χ1n) is 6.74. The lowest BCUT2D eigenvalue weighted by Gasteiger charge is -2.14. The van der Waals surface area contributed by atoms with E-state index in [-0.39, 0.29) is 5.78 Å². The van der Waals surface area contributed by atoms with E-state index in [2.05, 4.69) is 15.9 Å². The van der Waals surface area contributed by atoms with E-state index in [1.807, 2.05) is 0 Å². The third-order valence-corrected chi connectivity index (χ3v) is 3.96. The molecule has 0 bridgehead atoms. The van der Waals surface area contributed by atoms with Crippen molar-refractivity contribution in [2.45, 2.75) is 0 Å². The van der Waals surface area contributed by atoms with Crippen molar-refractivity contribution in [1.82, 2.24) is 0 Å². The maximum Gasteiger partial charge on any atom is 0.203 e. The maximum atomic E-state index is 12.7. The van der Waals surface area contributed by atoms with Gasteiger partial charge in [0.1, 0.15) is 5.75 Å². The Bertz CT molecular complexity index is 702. The summed E-state index contributed by atoms with van der Waals surface area (Å²) in [6.07, 6.45) is 0. The number of ether oxygens (including phenoxy) is 4. The Morgan fingerprint density at radius 2 is 1.35 bits per heavy atom. The van der Waals surface area contributed by atoms with Gasteiger partial charge in [0.25, 0.3) is 0 Å². The Morgan fingerprint density at radius 3 is 1.78 bits per heavy atom. The van der Waals surface area contributed by atoms with Crippen molar-refractivity contribution < 1.29 is 23.7 Å². The van der Waals surface area contributed by atoms with Crippen molar-refractivity contribution in [3.05, 3.63) is 45.9 Å². The third kappa shape index (κ3) is 3.42. The number of ketones is 1. The summed E-state index contributed by atoms with van der Waals surface area (Å²) in [4.78, 5) is 12.7. The summed E-state index contributed by atoms with van der Waals surface area (Å²) in [7, 11) is 6.11. The summed E-state index contributed by atoms with van der Waals surface area (Å²) in [6.45, 7) is 0. The SMILES string of the molecule is COc1ccc(C(=O)c2cc(OC)c(OC)c(OC)c2)cc1Br. The van der Waals surface area contributed by atoms with Gasteiger partial charge in [-0.25, -0.2) is 0 Å². The lowest BCUT2D eigenvalue weighted by molar-refractivity contribution is 0.103. The van der Waals surface area contributed by atoms with Crippen molar-refractivity contribution >= 4 is 21.7 Å². The van der Waals surface area contributed by atoms with E-state index in [1.54, 1.807) is 37.4 Å². The molecule has 23 heavy (non-hydrogen) atoms. The van der Waals surface area contributed by atoms with E-state index in [0.29, 0.717) is 38.6 Å². The minimum atomic E-state index is -0.160. The van der Waals surface area contributed by atoms with Gasteiger partial charge in [0.15, 0.2) is 17.3 Å². The molecule has 0 fully saturated rings. The molecule has 0 aliphatic heterocycles. The van der Waals surface area contributed by atoms with Gasteiger partial charge >= 0.3 is 0 Å². The minimum Gasteiger partial charge on any atom is -0.496 e. The fourth-order valence-electron chi connectivity index (χ4n) is 2.19. The molecule has 0 radical (unpaired) electrons. The minimum absolute atomic E-state index is 0.160. The van der Waals surface area contributed by atoms with Crippen LogP contribution in [0.1, 0.15) is 15.9 Å². The monoisotopic (exact) mass is 380 g/mol. The van der Waals surface area contributed by atoms with Crippen molar-refractivity contribution in [2.75, 3.05) is 28.4 Å². The first kappa shape index (κ1) is 17.1. The number of hydrogen-bond donors (Lipinski definition) is 0. The Kier molecular flexibility index (Phi) is 5.50. The Hall–Kier alpha value is -2.21. The van der Waals surface area contributed by atoms with Crippen LogP contribution in [0.2, 0.25) is 0 Å². The molecule has 0 unspecified atom stereocenters. The van der Waals surface area contributed by atoms with Gasteiger partial charge in [0.05, 0.1) is 32.9 Å². The lowest BCUT2D eigenvalue weighted by Crippen LogP contribution is -2.04. The summed E-state index contributed by atoms with van der Waals surface area (Å²) in [5.41, 5.74) is 0.962. The molecule has 0 heterocycles. The summed E-state index contributed by atoms with van der Waals surface area (Å²) in [6, 6.07) is 8.40. The van der Waals surface area contributed by atoms with Crippen LogP contribution >= 0.6 is 15.9 Å². The smallest absolute Gasteiger partial charge is 0.203 e. The Labute approximate surface area is 143 Å². The van der Waals surface area contributed by atoms with E-state index < -0.39 is 0 Å². The van der Waals surface area contributed by atoms with Gasteiger partial charge in [-0.05, 0) is 46.3 Å². The van der Waals surface area contributed by atoms with Crippen LogP contribution in [0, 0.1) is 0 Å². The number of carbonyl (C=O) groups is 1. The predicted molar refractivity (Wildman–Crippen MR) is 90.2 cm³/mol. The van der Waals surface area contributed by atoms with Crippen LogP contribution in [0.4, 0.5) is 0 Å².